The summed E-state index contributed by atoms with van der Waals surface area (Å²) in [6, 6.07) is 15.8. The molecule has 0 aliphatic carbocycles. The van der Waals surface area contributed by atoms with Gasteiger partial charge in [-0.25, -0.2) is 4.79 Å². The number of rotatable bonds is 11. The first kappa shape index (κ1) is 27.0. The number of ether oxygens (including phenoxy) is 3. The Hall–Kier alpha value is -3.03. The zero-order valence-electron chi connectivity index (χ0n) is 19.2. The summed E-state index contributed by atoms with van der Waals surface area (Å²) in [4.78, 5) is 10.1. The Balaban J connectivity index is 0.000000482. The zero-order valence-corrected chi connectivity index (χ0v) is 19.2. The standard InChI is InChI=1S/C19H24O4.C6H10O3/c1-14(20)12-22-18-7-3-16(4-8-18)11-17-5-9-19(10-6-17)23-13-15(2)21;1-3-9-4-5(2)6(7)8/h3-10,14-15,20-21H,11-13H2,1-2H3;4H,3H2,1-2H3,(H,7,8). The van der Waals surface area contributed by atoms with Crippen LogP contribution >= 0.6 is 0 Å². The summed E-state index contributed by atoms with van der Waals surface area (Å²) in [5.41, 5.74) is 2.59. The van der Waals surface area contributed by atoms with Crippen molar-refractivity contribution in [2.75, 3.05) is 19.8 Å². The zero-order chi connectivity index (χ0) is 23.9. The fourth-order valence-electron chi connectivity index (χ4n) is 2.34. The highest BCUT2D eigenvalue weighted by Gasteiger charge is 2.02. The van der Waals surface area contributed by atoms with Gasteiger partial charge in [-0.2, -0.15) is 0 Å². The number of hydrogen-bond acceptors (Lipinski definition) is 6. The second kappa shape index (κ2) is 14.9. The number of aliphatic hydroxyl groups excluding tert-OH is 2. The molecular formula is C25H34O7. The molecular weight excluding hydrogens is 412 g/mol. The topological polar surface area (TPSA) is 105 Å². The van der Waals surface area contributed by atoms with Gasteiger partial charge < -0.3 is 29.5 Å². The molecule has 2 unspecified atom stereocenters. The predicted octanol–water partition coefficient (Wildman–Crippen LogP) is 3.81. The van der Waals surface area contributed by atoms with Crippen LogP contribution in [0, 0.1) is 0 Å². The van der Waals surface area contributed by atoms with E-state index in [2.05, 4.69) is 0 Å². The van der Waals surface area contributed by atoms with Crippen LogP contribution < -0.4 is 9.47 Å². The highest BCUT2D eigenvalue weighted by atomic mass is 16.5. The lowest BCUT2D eigenvalue weighted by Gasteiger charge is -2.10. The summed E-state index contributed by atoms with van der Waals surface area (Å²) in [7, 11) is 0. The van der Waals surface area contributed by atoms with Crippen LogP contribution in [0.15, 0.2) is 60.4 Å². The molecule has 176 valence electrons. The second-order valence-corrected chi connectivity index (χ2v) is 7.35. The van der Waals surface area contributed by atoms with Gasteiger partial charge in [-0.1, -0.05) is 24.3 Å². The van der Waals surface area contributed by atoms with Crippen LogP contribution in [0.4, 0.5) is 0 Å². The van der Waals surface area contributed by atoms with Crippen LogP contribution in [-0.2, 0) is 16.0 Å². The summed E-state index contributed by atoms with van der Waals surface area (Å²) >= 11 is 0. The SMILES string of the molecule is CC(O)COc1ccc(Cc2ccc(OCC(C)O)cc2)cc1.CCOC=C(C)C(=O)O. The molecule has 0 aromatic heterocycles. The molecule has 0 radical (unpaired) electrons. The van der Waals surface area contributed by atoms with Crippen molar-refractivity contribution in [3.05, 3.63) is 71.5 Å². The number of carboxylic acids is 1. The van der Waals surface area contributed by atoms with E-state index in [4.69, 9.17) is 19.3 Å². The number of hydrogen-bond donors (Lipinski definition) is 3. The summed E-state index contributed by atoms with van der Waals surface area (Å²) in [6.45, 7) is 7.78. The molecule has 0 heterocycles. The third-order valence-corrected chi connectivity index (χ3v) is 4.00. The van der Waals surface area contributed by atoms with E-state index in [1.54, 1.807) is 20.8 Å². The molecule has 2 rings (SSSR count). The molecule has 32 heavy (non-hydrogen) atoms. The van der Waals surface area contributed by atoms with Crippen molar-refractivity contribution >= 4 is 5.97 Å². The van der Waals surface area contributed by atoms with Crippen molar-refractivity contribution in [1.82, 2.24) is 0 Å². The summed E-state index contributed by atoms with van der Waals surface area (Å²) in [5, 5.41) is 26.7. The van der Waals surface area contributed by atoms with E-state index in [1.165, 1.54) is 24.3 Å². The quantitative estimate of drug-likeness (QED) is 0.356. The van der Waals surface area contributed by atoms with Crippen LogP contribution in [0.2, 0.25) is 0 Å². The summed E-state index contributed by atoms with van der Waals surface area (Å²) in [5.74, 6) is 0.580. The Morgan fingerprint density at radius 2 is 1.28 bits per heavy atom. The fourth-order valence-corrected chi connectivity index (χ4v) is 2.34. The van der Waals surface area contributed by atoms with Crippen molar-refractivity contribution in [1.29, 1.82) is 0 Å². The van der Waals surface area contributed by atoms with E-state index >= 15 is 0 Å². The molecule has 2 aromatic rings. The van der Waals surface area contributed by atoms with Crippen LogP contribution in [0.1, 0.15) is 38.8 Å². The molecule has 0 saturated heterocycles. The minimum absolute atomic E-state index is 0.219. The minimum atomic E-state index is -0.941. The van der Waals surface area contributed by atoms with Gasteiger partial charge in [0.15, 0.2) is 0 Å². The van der Waals surface area contributed by atoms with Gasteiger partial charge in [-0.15, -0.1) is 0 Å². The van der Waals surface area contributed by atoms with Gasteiger partial charge in [-0.3, -0.25) is 0 Å². The van der Waals surface area contributed by atoms with Crippen molar-refractivity contribution in [2.45, 2.75) is 46.3 Å². The van der Waals surface area contributed by atoms with E-state index in [1.807, 2.05) is 48.5 Å². The van der Waals surface area contributed by atoms with Crippen LogP contribution in [0.5, 0.6) is 11.5 Å². The van der Waals surface area contributed by atoms with E-state index in [0.717, 1.165) is 17.9 Å². The molecule has 0 spiro atoms. The summed E-state index contributed by atoms with van der Waals surface area (Å²) < 4.78 is 15.6. The molecule has 3 N–H and O–H groups in total. The van der Waals surface area contributed by atoms with Crippen molar-refractivity contribution < 1.29 is 34.3 Å². The van der Waals surface area contributed by atoms with Gasteiger partial charge in [0.05, 0.1) is 30.6 Å². The maximum atomic E-state index is 10.1. The highest BCUT2D eigenvalue weighted by Crippen LogP contribution is 2.18. The third-order valence-electron chi connectivity index (χ3n) is 4.00. The van der Waals surface area contributed by atoms with Crippen molar-refractivity contribution in [3.8, 4) is 11.5 Å². The molecule has 0 bridgehead atoms. The first-order valence-corrected chi connectivity index (χ1v) is 10.5. The average Bonchev–Trinajstić information content (AvgIpc) is 2.76. The Kier molecular flexibility index (Phi) is 12.6. The second-order valence-electron chi connectivity index (χ2n) is 7.35. The molecule has 2 atom stereocenters. The van der Waals surface area contributed by atoms with Crippen LogP contribution in [0.3, 0.4) is 0 Å². The van der Waals surface area contributed by atoms with E-state index < -0.39 is 18.2 Å². The average molecular weight is 447 g/mol. The Bertz CT molecular complexity index is 756. The first-order chi connectivity index (χ1) is 15.2. The summed E-state index contributed by atoms with van der Waals surface area (Å²) in [6.07, 6.45) is 1.13. The van der Waals surface area contributed by atoms with Crippen molar-refractivity contribution in [3.63, 3.8) is 0 Å². The van der Waals surface area contributed by atoms with Gasteiger partial charge in [0.1, 0.15) is 24.7 Å². The third kappa shape index (κ3) is 12.0. The lowest BCUT2D eigenvalue weighted by atomic mass is 10.0. The largest absolute Gasteiger partial charge is 0.501 e. The number of carboxylic acid groups (broad SMARTS) is 1. The number of benzene rings is 2. The van der Waals surface area contributed by atoms with Crippen LogP contribution in [-0.4, -0.2) is 53.3 Å². The van der Waals surface area contributed by atoms with E-state index in [0.29, 0.717) is 19.8 Å². The normalized spacial score (nSPS) is 12.8. The monoisotopic (exact) mass is 446 g/mol. The lowest BCUT2D eigenvalue weighted by Crippen LogP contribution is -2.12. The maximum absolute atomic E-state index is 10.1. The molecule has 0 saturated carbocycles. The first-order valence-electron chi connectivity index (χ1n) is 10.5. The molecule has 0 amide bonds. The van der Waals surface area contributed by atoms with Gasteiger partial charge >= 0.3 is 5.97 Å². The molecule has 0 aliphatic heterocycles. The molecule has 7 nitrogen and oxygen atoms in total. The Morgan fingerprint density at radius 3 is 1.59 bits per heavy atom. The van der Waals surface area contributed by atoms with Crippen LogP contribution in [0.25, 0.3) is 0 Å². The molecule has 7 heteroatoms. The highest BCUT2D eigenvalue weighted by molar-refractivity contribution is 5.85. The van der Waals surface area contributed by atoms with Crippen molar-refractivity contribution in [2.24, 2.45) is 0 Å². The number of aliphatic carboxylic acids is 1. The fraction of sp³-hybridized carbons (Fsp3) is 0.400. The van der Waals surface area contributed by atoms with Gasteiger partial charge in [0.25, 0.3) is 0 Å². The lowest BCUT2D eigenvalue weighted by molar-refractivity contribution is -0.132. The minimum Gasteiger partial charge on any atom is -0.501 e. The van der Waals surface area contributed by atoms with Gasteiger partial charge in [0, 0.05) is 0 Å². The number of aliphatic hydroxyl groups is 2. The molecule has 2 aromatic carbocycles. The Morgan fingerprint density at radius 1 is 0.875 bits per heavy atom. The predicted molar refractivity (Wildman–Crippen MR) is 123 cm³/mol. The number of carbonyl (C=O) groups is 1. The molecule has 0 fully saturated rings. The smallest absolute Gasteiger partial charge is 0.334 e. The van der Waals surface area contributed by atoms with E-state index in [-0.39, 0.29) is 5.57 Å². The van der Waals surface area contributed by atoms with Gasteiger partial charge in [-0.05, 0) is 69.5 Å². The van der Waals surface area contributed by atoms with Gasteiger partial charge in [0.2, 0.25) is 0 Å². The molecule has 0 aliphatic rings. The maximum Gasteiger partial charge on any atom is 0.334 e. The Labute approximate surface area is 189 Å². The van der Waals surface area contributed by atoms with E-state index in [9.17, 15) is 15.0 Å².